The summed E-state index contributed by atoms with van der Waals surface area (Å²) in [7, 11) is 0. The number of aromatic hydroxyl groups is 2. The van der Waals surface area contributed by atoms with Crippen molar-refractivity contribution < 1.29 is 10.2 Å². The number of hydrogen-bond donors (Lipinski definition) is 3. The van der Waals surface area contributed by atoms with Crippen molar-refractivity contribution in [1.82, 2.24) is 5.32 Å². The summed E-state index contributed by atoms with van der Waals surface area (Å²) in [4.78, 5) is 0. The van der Waals surface area contributed by atoms with Crippen molar-refractivity contribution in [3.63, 3.8) is 0 Å². The molecule has 0 spiro atoms. The van der Waals surface area contributed by atoms with Gasteiger partial charge in [0.25, 0.3) is 0 Å². The van der Waals surface area contributed by atoms with E-state index in [0.29, 0.717) is 5.56 Å². The van der Waals surface area contributed by atoms with Gasteiger partial charge in [-0.2, -0.15) is 11.8 Å². The molecule has 1 unspecified atom stereocenters. The highest BCUT2D eigenvalue weighted by Crippen LogP contribution is 2.31. The smallest absolute Gasteiger partial charge is 0.124 e. The number of nitrogens with one attached hydrogen (secondary N) is 1. The molecule has 0 aliphatic carbocycles. The van der Waals surface area contributed by atoms with E-state index in [-0.39, 0.29) is 17.5 Å². The highest BCUT2D eigenvalue weighted by Gasteiger charge is 2.13. The summed E-state index contributed by atoms with van der Waals surface area (Å²) in [5, 5.41) is 22.6. The maximum Gasteiger partial charge on any atom is 0.124 e. The van der Waals surface area contributed by atoms with Gasteiger partial charge in [0.05, 0.1) is 5.56 Å². The van der Waals surface area contributed by atoms with Crippen LogP contribution in [0.2, 0.25) is 0 Å². The van der Waals surface area contributed by atoms with Crippen LogP contribution in [0.4, 0.5) is 0 Å². The summed E-state index contributed by atoms with van der Waals surface area (Å²) in [5.74, 6) is 1.40. The minimum Gasteiger partial charge on any atom is -0.507 e. The van der Waals surface area contributed by atoms with E-state index in [9.17, 15) is 10.2 Å². The average Bonchev–Trinajstić information content (AvgIpc) is 2.24. The highest BCUT2D eigenvalue weighted by molar-refractivity contribution is 7.98. The van der Waals surface area contributed by atoms with Crippen LogP contribution in [0, 0.1) is 0 Å². The second kappa shape index (κ2) is 6.66. The lowest BCUT2D eigenvalue weighted by Crippen LogP contribution is -2.20. The van der Waals surface area contributed by atoms with Crippen molar-refractivity contribution in [2.45, 2.75) is 19.4 Å². The maximum absolute atomic E-state index is 9.66. The molecule has 1 aromatic rings. The van der Waals surface area contributed by atoms with Gasteiger partial charge < -0.3 is 15.5 Å². The third-order valence-corrected chi connectivity index (χ3v) is 3.17. The van der Waals surface area contributed by atoms with Crippen molar-refractivity contribution in [3.8, 4) is 11.5 Å². The SMILES string of the molecule is CSCCCNC(C)c1c(O)cccc1O. The third kappa shape index (κ3) is 3.61. The van der Waals surface area contributed by atoms with Gasteiger partial charge in [-0.3, -0.25) is 0 Å². The summed E-state index contributed by atoms with van der Waals surface area (Å²) in [6.07, 6.45) is 3.16. The molecular weight excluding hydrogens is 222 g/mol. The van der Waals surface area contributed by atoms with Crippen molar-refractivity contribution >= 4 is 11.8 Å². The van der Waals surface area contributed by atoms with E-state index in [2.05, 4.69) is 11.6 Å². The second-order valence-electron chi connectivity index (χ2n) is 3.73. The molecule has 90 valence electrons. The van der Waals surface area contributed by atoms with Crippen molar-refractivity contribution in [2.24, 2.45) is 0 Å². The molecule has 0 radical (unpaired) electrons. The number of rotatable bonds is 6. The van der Waals surface area contributed by atoms with Crippen LogP contribution in [0.15, 0.2) is 18.2 Å². The molecule has 4 heteroatoms. The van der Waals surface area contributed by atoms with Gasteiger partial charge in [-0.05, 0) is 44.0 Å². The summed E-state index contributed by atoms with van der Waals surface area (Å²) in [6, 6.07) is 4.78. The molecule has 1 rings (SSSR count). The first kappa shape index (κ1) is 13.2. The Balaban J connectivity index is 2.55. The van der Waals surface area contributed by atoms with Crippen LogP contribution in [0.1, 0.15) is 24.9 Å². The predicted octanol–water partition coefficient (Wildman–Crippen LogP) is 2.50. The van der Waals surface area contributed by atoms with E-state index in [0.717, 1.165) is 18.7 Å². The first-order chi connectivity index (χ1) is 7.66. The summed E-state index contributed by atoms with van der Waals surface area (Å²) >= 11 is 1.82. The van der Waals surface area contributed by atoms with Crippen LogP contribution in [0.25, 0.3) is 0 Å². The number of thioether (sulfide) groups is 1. The molecule has 0 saturated heterocycles. The minimum absolute atomic E-state index is 0.0388. The largest absolute Gasteiger partial charge is 0.507 e. The predicted molar refractivity (Wildman–Crippen MR) is 69.2 cm³/mol. The van der Waals surface area contributed by atoms with E-state index in [1.165, 1.54) is 0 Å². The molecule has 0 saturated carbocycles. The molecule has 0 aliphatic heterocycles. The van der Waals surface area contributed by atoms with E-state index in [1.54, 1.807) is 18.2 Å². The molecule has 1 atom stereocenters. The van der Waals surface area contributed by atoms with Gasteiger partial charge in [0.1, 0.15) is 11.5 Å². The van der Waals surface area contributed by atoms with Crippen molar-refractivity contribution in [1.29, 1.82) is 0 Å². The minimum atomic E-state index is -0.0388. The fourth-order valence-corrected chi connectivity index (χ4v) is 2.05. The van der Waals surface area contributed by atoms with Crippen LogP contribution in [-0.4, -0.2) is 28.8 Å². The van der Waals surface area contributed by atoms with E-state index >= 15 is 0 Å². The first-order valence-corrected chi connectivity index (χ1v) is 6.79. The molecule has 16 heavy (non-hydrogen) atoms. The third-order valence-electron chi connectivity index (χ3n) is 2.47. The zero-order valence-corrected chi connectivity index (χ0v) is 10.5. The van der Waals surface area contributed by atoms with Crippen LogP contribution in [-0.2, 0) is 0 Å². The zero-order valence-electron chi connectivity index (χ0n) is 9.73. The lowest BCUT2D eigenvalue weighted by molar-refractivity contribution is 0.419. The Bertz CT molecular complexity index is 311. The molecule has 3 nitrogen and oxygen atoms in total. The van der Waals surface area contributed by atoms with Gasteiger partial charge in [0.15, 0.2) is 0 Å². The van der Waals surface area contributed by atoms with Crippen molar-refractivity contribution in [3.05, 3.63) is 23.8 Å². The lowest BCUT2D eigenvalue weighted by atomic mass is 10.1. The molecule has 0 fully saturated rings. The van der Waals surface area contributed by atoms with Crippen LogP contribution in [0.3, 0.4) is 0 Å². The fraction of sp³-hybridized carbons (Fsp3) is 0.500. The van der Waals surface area contributed by atoms with Gasteiger partial charge in [0, 0.05) is 6.04 Å². The van der Waals surface area contributed by atoms with Gasteiger partial charge in [-0.25, -0.2) is 0 Å². The Labute approximate surface area is 101 Å². The van der Waals surface area contributed by atoms with Gasteiger partial charge in [-0.1, -0.05) is 6.07 Å². The second-order valence-corrected chi connectivity index (χ2v) is 4.72. The zero-order chi connectivity index (χ0) is 12.0. The van der Waals surface area contributed by atoms with Gasteiger partial charge in [-0.15, -0.1) is 0 Å². The quantitative estimate of drug-likeness (QED) is 0.670. The normalized spacial score (nSPS) is 12.6. The molecule has 0 aliphatic rings. The van der Waals surface area contributed by atoms with Gasteiger partial charge >= 0.3 is 0 Å². The average molecular weight is 241 g/mol. The molecule has 1 aromatic carbocycles. The fourth-order valence-electron chi connectivity index (χ4n) is 1.62. The number of phenols is 2. The number of hydrogen-bond acceptors (Lipinski definition) is 4. The van der Waals surface area contributed by atoms with Gasteiger partial charge in [0.2, 0.25) is 0 Å². The number of phenolic OH excluding ortho intramolecular Hbond substituents is 2. The van der Waals surface area contributed by atoms with E-state index in [4.69, 9.17) is 0 Å². The Morgan fingerprint density at radius 3 is 2.50 bits per heavy atom. The first-order valence-electron chi connectivity index (χ1n) is 5.40. The summed E-state index contributed by atoms with van der Waals surface area (Å²) < 4.78 is 0. The maximum atomic E-state index is 9.66. The van der Waals surface area contributed by atoms with Crippen LogP contribution in [0.5, 0.6) is 11.5 Å². The molecular formula is C12H19NO2S. The Kier molecular flexibility index (Phi) is 5.49. The summed E-state index contributed by atoms with van der Waals surface area (Å²) in [5.41, 5.74) is 0.576. The Hall–Kier alpha value is -0.870. The molecule has 3 N–H and O–H groups in total. The Morgan fingerprint density at radius 1 is 1.31 bits per heavy atom. The van der Waals surface area contributed by atoms with Crippen LogP contribution >= 0.6 is 11.8 Å². The number of benzene rings is 1. The van der Waals surface area contributed by atoms with Crippen LogP contribution < -0.4 is 5.32 Å². The van der Waals surface area contributed by atoms with E-state index in [1.807, 2.05) is 18.7 Å². The standard InChI is InChI=1S/C12H19NO2S/c1-9(13-7-4-8-16-2)12-10(14)5-3-6-11(12)15/h3,5-6,9,13-15H,4,7-8H2,1-2H3. The molecule has 0 aromatic heterocycles. The topological polar surface area (TPSA) is 52.5 Å². The summed E-state index contributed by atoms with van der Waals surface area (Å²) in [6.45, 7) is 2.82. The lowest BCUT2D eigenvalue weighted by Gasteiger charge is -2.16. The monoisotopic (exact) mass is 241 g/mol. The highest BCUT2D eigenvalue weighted by atomic mass is 32.2. The molecule has 0 bridgehead atoms. The van der Waals surface area contributed by atoms with Crippen molar-refractivity contribution in [2.75, 3.05) is 18.6 Å². The van der Waals surface area contributed by atoms with E-state index < -0.39 is 0 Å². The molecule has 0 amide bonds. The molecule has 0 heterocycles. The Morgan fingerprint density at radius 2 is 1.94 bits per heavy atom.